The number of esters is 1. The molecule has 0 saturated carbocycles. The Morgan fingerprint density at radius 3 is 3.05 bits per heavy atom. The first-order valence-electron chi connectivity index (χ1n) is 7.29. The molecule has 6 heteroatoms. The molecule has 1 aromatic heterocycles. The van der Waals surface area contributed by atoms with Crippen molar-refractivity contribution in [1.82, 2.24) is 15.1 Å². The van der Waals surface area contributed by atoms with E-state index in [1.165, 1.54) is 19.2 Å². The van der Waals surface area contributed by atoms with Gasteiger partial charge in [-0.2, -0.15) is 5.10 Å². The van der Waals surface area contributed by atoms with Crippen molar-refractivity contribution < 1.29 is 13.9 Å². The number of ether oxygens (including phenoxy) is 1. The van der Waals surface area contributed by atoms with Crippen LogP contribution in [0.15, 0.2) is 30.5 Å². The monoisotopic (exact) mass is 303 g/mol. The molecule has 116 valence electrons. The minimum Gasteiger partial charge on any atom is -0.465 e. The number of nitrogens with zero attached hydrogens (tertiary/aromatic N) is 2. The number of benzene rings is 1. The molecule has 1 aliphatic rings. The van der Waals surface area contributed by atoms with Gasteiger partial charge in [-0.1, -0.05) is 6.07 Å². The van der Waals surface area contributed by atoms with Crippen LogP contribution >= 0.6 is 0 Å². The summed E-state index contributed by atoms with van der Waals surface area (Å²) in [6.07, 6.45) is 3.91. The van der Waals surface area contributed by atoms with E-state index in [1.54, 1.807) is 12.3 Å². The van der Waals surface area contributed by atoms with E-state index in [1.807, 2.05) is 6.07 Å². The van der Waals surface area contributed by atoms with E-state index in [0.717, 1.165) is 30.6 Å². The predicted molar refractivity (Wildman–Crippen MR) is 78.7 cm³/mol. The van der Waals surface area contributed by atoms with Crippen LogP contribution in [0, 0.1) is 5.82 Å². The maximum atomic E-state index is 14.0. The zero-order valence-corrected chi connectivity index (χ0v) is 12.4. The lowest BCUT2D eigenvalue weighted by Crippen LogP contribution is -2.23. The van der Waals surface area contributed by atoms with Crippen LogP contribution in [0.25, 0.3) is 0 Å². The number of hydrogen-bond acceptors (Lipinski definition) is 4. The summed E-state index contributed by atoms with van der Waals surface area (Å²) in [4.78, 5) is 13.7. The summed E-state index contributed by atoms with van der Waals surface area (Å²) in [6.45, 7) is 1.60. The van der Waals surface area contributed by atoms with Gasteiger partial charge in [0.05, 0.1) is 24.4 Å². The van der Waals surface area contributed by atoms with Gasteiger partial charge in [0, 0.05) is 12.7 Å². The summed E-state index contributed by atoms with van der Waals surface area (Å²) < 4.78 is 18.6. The van der Waals surface area contributed by atoms with Gasteiger partial charge in [0.2, 0.25) is 0 Å². The highest BCUT2D eigenvalue weighted by Crippen LogP contribution is 2.32. The van der Waals surface area contributed by atoms with E-state index in [2.05, 4.69) is 19.8 Å². The molecule has 2 heterocycles. The number of aromatic amines is 1. The Bertz CT molecular complexity index is 657. The number of rotatable bonds is 4. The Kier molecular flexibility index (Phi) is 4.20. The molecule has 0 spiro atoms. The van der Waals surface area contributed by atoms with Crippen molar-refractivity contribution in [1.29, 1.82) is 0 Å². The molecule has 0 bridgehead atoms. The van der Waals surface area contributed by atoms with Crippen LogP contribution in [-0.2, 0) is 11.3 Å². The molecule has 1 atom stereocenters. The molecule has 1 aromatic carbocycles. The quantitative estimate of drug-likeness (QED) is 0.882. The smallest absolute Gasteiger partial charge is 0.340 e. The fraction of sp³-hybridized carbons (Fsp3) is 0.375. The van der Waals surface area contributed by atoms with Crippen LogP contribution in [0.2, 0.25) is 0 Å². The van der Waals surface area contributed by atoms with Gasteiger partial charge in [0.1, 0.15) is 5.82 Å². The lowest BCUT2D eigenvalue weighted by atomic mass is 10.1. The highest BCUT2D eigenvalue weighted by molar-refractivity contribution is 5.89. The number of H-pyrrole nitrogens is 1. The van der Waals surface area contributed by atoms with Crippen molar-refractivity contribution in [2.75, 3.05) is 13.7 Å². The lowest BCUT2D eigenvalue weighted by Gasteiger charge is -2.23. The molecule has 5 nitrogen and oxygen atoms in total. The minimum absolute atomic E-state index is 0.0298. The van der Waals surface area contributed by atoms with E-state index in [9.17, 15) is 9.18 Å². The van der Waals surface area contributed by atoms with Gasteiger partial charge in [0.25, 0.3) is 0 Å². The summed E-state index contributed by atoms with van der Waals surface area (Å²) in [7, 11) is 1.24. The maximum Gasteiger partial charge on any atom is 0.340 e. The average molecular weight is 303 g/mol. The van der Waals surface area contributed by atoms with Crippen LogP contribution in [0.3, 0.4) is 0 Å². The normalized spacial score (nSPS) is 18.5. The second kappa shape index (κ2) is 6.27. The van der Waals surface area contributed by atoms with Crippen molar-refractivity contribution in [2.24, 2.45) is 0 Å². The number of carbonyl (C=O) groups excluding carboxylic acids is 1. The van der Waals surface area contributed by atoms with Gasteiger partial charge in [-0.05, 0) is 43.1 Å². The summed E-state index contributed by atoms with van der Waals surface area (Å²) in [5.74, 6) is -1.19. The van der Waals surface area contributed by atoms with Gasteiger partial charge in [-0.3, -0.25) is 10.00 Å². The molecular weight excluding hydrogens is 285 g/mol. The molecule has 22 heavy (non-hydrogen) atoms. The van der Waals surface area contributed by atoms with Gasteiger partial charge in [0.15, 0.2) is 0 Å². The molecule has 0 aliphatic carbocycles. The van der Waals surface area contributed by atoms with Crippen LogP contribution < -0.4 is 0 Å². The Balaban J connectivity index is 1.75. The molecule has 3 rings (SSSR count). The van der Waals surface area contributed by atoms with Crippen LogP contribution in [0.4, 0.5) is 4.39 Å². The predicted octanol–water partition coefficient (Wildman–Crippen LogP) is 2.67. The van der Waals surface area contributed by atoms with Crippen molar-refractivity contribution in [3.8, 4) is 0 Å². The van der Waals surface area contributed by atoms with Crippen molar-refractivity contribution in [2.45, 2.75) is 25.4 Å². The Hall–Kier alpha value is -2.21. The molecule has 0 amide bonds. The summed E-state index contributed by atoms with van der Waals surface area (Å²) in [5.41, 5.74) is 1.90. The second-order valence-electron chi connectivity index (χ2n) is 5.45. The van der Waals surface area contributed by atoms with E-state index in [0.29, 0.717) is 6.54 Å². The highest BCUT2D eigenvalue weighted by atomic mass is 19.1. The first-order chi connectivity index (χ1) is 10.7. The molecule has 1 fully saturated rings. The van der Waals surface area contributed by atoms with E-state index in [4.69, 9.17) is 0 Å². The van der Waals surface area contributed by atoms with Gasteiger partial charge in [-0.15, -0.1) is 0 Å². The summed E-state index contributed by atoms with van der Waals surface area (Å²) in [6, 6.07) is 6.93. The third-order valence-electron chi connectivity index (χ3n) is 4.07. The Morgan fingerprint density at radius 1 is 1.50 bits per heavy atom. The summed E-state index contributed by atoms with van der Waals surface area (Å²) in [5, 5.41) is 7.01. The topological polar surface area (TPSA) is 58.2 Å². The van der Waals surface area contributed by atoms with Crippen molar-refractivity contribution >= 4 is 5.97 Å². The fourth-order valence-electron chi connectivity index (χ4n) is 2.99. The molecule has 1 N–H and O–H groups in total. The number of halogens is 1. The Morgan fingerprint density at radius 2 is 2.36 bits per heavy atom. The van der Waals surface area contributed by atoms with Gasteiger partial charge >= 0.3 is 5.97 Å². The molecule has 1 saturated heterocycles. The van der Waals surface area contributed by atoms with Crippen LogP contribution in [-0.4, -0.2) is 34.7 Å². The Labute approximate surface area is 128 Å². The maximum absolute atomic E-state index is 14.0. The lowest BCUT2D eigenvalue weighted by molar-refractivity contribution is 0.0595. The number of methoxy groups -OCH3 is 1. The first kappa shape index (κ1) is 14.7. The van der Waals surface area contributed by atoms with Gasteiger partial charge in [-0.25, -0.2) is 9.18 Å². The van der Waals surface area contributed by atoms with Crippen LogP contribution in [0.1, 0.15) is 40.5 Å². The van der Waals surface area contributed by atoms with Crippen molar-refractivity contribution in [3.63, 3.8) is 0 Å². The number of likely N-dealkylation sites (tertiary alicyclic amines) is 1. The largest absolute Gasteiger partial charge is 0.465 e. The van der Waals surface area contributed by atoms with E-state index in [-0.39, 0.29) is 11.6 Å². The SMILES string of the molecule is COC(=O)c1ccc(CN2CCC[C@H]2c2ccn[nH]2)cc1F. The average Bonchev–Trinajstić information content (AvgIpc) is 3.17. The molecule has 2 aromatic rings. The molecule has 0 unspecified atom stereocenters. The number of aromatic nitrogens is 2. The van der Waals surface area contributed by atoms with Gasteiger partial charge < -0.3 is 4.74 Å². The zero-order chi connectivity index (χ0) is 15.5. The third-order valence-corrected chi connectivity index (χ3v) is 4.07. The number of carbonyl (C=O) groups is 1. The second-order valence-corrected chi connectivity index (χ2v) is 5.45. The fourth-order valence-corrected chi connectivity index (χ4v) is 2.99. The standard InChI is InChI=1S/C16H18FN3O2/c1-22-16(21)12-5-4-11(9-13(12)17)10-20-8-2-3-15(20)14-6-7-18-19-14/h4-7,9,15H,2-3,8,10H2,1H3,(H,18,19)/t15-/m0/s1. The zero-order valence-electron chi connectivity index (χ0n) is 12.4. The molecular formula is C16H18FN3O2. The molecule has 1 aliphatic heterocycles. The third kappa shape index (κ3) is 2.87. The molecule has 0 radical (unpaired) electrons. The number of nitrogens with one attached hydrogen (secondary N) is 1. The van der Waals surface area contributed by atoms with Crippen molar-refractivity contribution in [3.05, 3.63) is 53.1 Å². The highest BCUT2D eigenvalue weighted by Gasteiger charge is 2.27. The summed E-state index contributed by atoms with van der Waals surface area (Å²) >= 11 is 0. The van der Waals surface area contributed by atoms with E-state index >= 15 is 0 Å². The van der Waals surface area contributed by atoms with Crippen LogP contribution in [0.5, 0.6) is 0 Å². The van der Waals surface area contributed by atoms with E-state index < -0.39 is 11.8 Å². The number of hydrogen-bond donors (Lipinski definition) is 1. The first-order valence-corrected chi connectivity index (χ1v) is 7.29. The minimum atomic E-state index is -0.652.